The van der Waals surface area contributed by atoms with Crippen LogP contribution in [0.4, 0.5) is 0 Å². The normalized spacial score (nSPS) is 13.4. The van der Waals surface area contributed by atoms with Crippen molar-refractivity contribution in [3.63, 3.8) is 0 Å². The summed E-state index contributed by atoms with van der Waals surface area (Å²) in [6.45, 7) is 13.2. The fourth-order valence-corrected chi connectivity index (χ4v) is 2.32. The summed E-state index contributed by atoms with van der Waals surface area (Å²) in [6, 6.07) is 0.509. The average molecular weight is 266 g/mol. The number of hydrogen-bond donors (Lipinski definition) is 1. The van der Waals surface area contributed by atoms with Crippen LogP contribution in [0.3, 0.4) is 0 Å². The summed E-state index contributed by atoms with van der Waals surface area (Å²) < 4.78 is 2.06. The zero-order valence-electron chi connectivity index (χ0n) is 13.2. The molecule has 110 valence electrons. The van der Waals surface area contributed by atoms with Gasteiger partial charge >= 0.3 is 0 Å². The van der Waals surface area contributed by atoms with Gasteiger partial charge in [0, 0.05) is 19.0 Å². The minimum atomic E-state index is 0.509. The maximum Gasteiger partial charge on any atom is 0.138 e. The summed E-state index contributed by atoms with van der Waals surface area (Å²) in [5, 5.41) is 7.99. The number of hydrogen-bond acceptors (Lipinski definition) is 3. The molecule has 4 nitrogen and oxygen atoms in total. The Bertz CT molecular complexity index is 344. The molecule has 1 aromatic heterocycles. The molecule has 0 fully saturated rings. The van der Waals surface area contributed by atoms with Crippen molar-refractivity contribution in [2.24, 2.45) is 11.8 Å². The SMILES string of the molecule is CCCNC(Cc1ncnn1CC(C)C)CC(C)C. The van der Waals surface area contributed by atoms with Crippen LogP contribution in [0.2, 0.25) is 0 Å². The Balaban J connectivity index is 2.63. The van der Waals surface area contributed by atoms with Crippen molar-refractivity contribution in [2.45, 2.75) is 66.5 Å². The highest BCUT2D eigenvalue weighted by Crippen LogP contribution is 2.11. The van der Waals surface area contributed by atoms with Crippen LogP contribution in [0.25, 0.3) is 0 Å². The van der Waals surface area contributed by atoms with Gasteiger partial charge in [-0.25, -0.2) is 9.67 Å². The Labute approximate surface area is 118 Å². The molecule has 1 N–H and O–H groups in total. The van der Waals surface area contributed by atoms with Gasteiger partial charge in [-0.05, 0) is 31.2 Å². The molecule has 0 spiro atoms. The molecule has 4 heteroatoms. The van der Waals surface area contributed by atoms with Crippen LogP contribution in [0.5, 0.6) is 0 Å². The van der Waals surface area contributed by atoms with Gasteiger partial charge < -0.3 is 5.32 Å². The third kappa shape index (κ3) is 6.19. The lowest BCUT2D eigenvalue weighted by Gasteiger charge is -2.20. The van der Waals surface area contributed by atoms with Crippen molar-refractivity contribution in [2.75, 3.05) is 6.54 Å². The van der Waals surface area contributed by atoms with Gasteiger partial charge in [-0.1, -0.05) is 34.6 Å². The first-order valence-electron chi connectivity index (χ1n) is 7.63. The van der Waals surface area contributed by atoms with Gasteiger partial charge in [0.15, 0.2) is 0 Å². The van der Waals surface area contributed by atoms with Gasteiger partial charge in [0.1, 0.15) is 12.2 Å². The minimum absolute atomic E-state index is 0.509. The molecule has 1 atom stereocenters. The Hall–Kier alpha value is -0.900. The zero-order chi connectivity index (χ0) is 14.3. The summed E-state index contributed by atoms with van der Waals surface area (Å²) in [4.78, 5) is 4.44. The monoisotopic (exact) mass is 266 g/mol. The molecule has 0 aliphatic rings. The van der Waals surface area contributed by atoms with E-state index >= 15 is 0 Å². The molecule has 1 heterocycles. The second-order valence-corrected chi connectivity index (χ2v) is 6.24. The fourth-order valence-electron chi connectivity index (χ4n) is 2.32. The van der Waals surface area contributed by atoms with E-state index in [9.17, 15) is 0 Å². The van der Waals surface area contributed by atoms with Gasteiger partial charge in [0.05, 0.1) is 0 Å². The van der Waals surface area contributed by atoms with Gasteiger partial charge in [-0.2, -0.15) is 5.10 Å². The first kappa shape index (κ1) is 16.2. The quantitative estimate of drug-likeness (QED) is 0.747. The van der Waals surface area contributed by atoms with Crippen LogP contribution in [0.1, 0.15) is 53.3 Å². The summed E-state index contributed by atoms with van der Waals surface area (Å²) in [7, 11) is 0. The molecule has 0 aliphatic carbocycles. The Morgan fingerprint density at radius 1 is 1.21 bits per heavy atom. The molecular weight excluding hydrogens is 236 g/mol. The molecule has 1 unspecified atom stereocenters. The van der Waals surface area contributed by atoms with Crippen LogP contribution in [-0.4, -0.2) is 27.4 Å². The Morgan fingerprint density at radius 3 is 2.53 bits per heavy atom. The largest absolute Gasteiger partial charge is 0.314 e. The molecule has 0 radical (unpaired) electrons. The van der Waals surface area contributed by atoms with Crippen molar-refractivity contribution in [3.05, 3.63) is 12.2 Å². The fraction of sp³-hybridized carbons (Fsp3) is 0.867. The minimum Gasteiger partial charge on any atom is -0.314 e. The Morgan fingerprint density at radius 2 is 1.95 bits per heavy atom. The smallest absolute Gasteiger partial charge is 0.138 e. The van der Waals surface area contributed by atoms with Crippen LogP contribution >= 0.6 is 0 Å². The zero-order valence-corrected chi connectivity index (χ0v) is 13.2. The van der Waals surface area contributed by atoms with E-state index in [1.165, 1.54) is 12.8 Å². The van der Waals surface area contributed by atoms with Crippen molar-refractivity contribution < 1.29 is 0 Å². The lowest BCUT2D eigenvalue weighted by atomic mass is 10.0. The topological polar surface area (TPSA) is 42.7 Å². The summed E-state index contributed by atoms with van der Waals surface area (Å²) in [5.74, 6) is 2.42. The first-order chi connectivity index (χ1) is 9.02. The highest BCUT2D eigenvalue weighted by molar-refractivity contribution is 4.90. The summed E-state index contributed by atoms with van der Waals surface area (Å²) in [6.07, 6.45) is 5.02. The van der Waals surface area contributed by atoms with Gasteiger partial charge in [0.2, 0.25) is 0 Å². The third-order valence-corrected chi connectivity index (χ3v) is 3.10. The molecule has 0 amide bonds. The predicted octanol–water partition coefficient (Wildman–Crippen LogP) is 2.89. The van der Waals surface area contributed by atoms with E-state index in [0.29, 0.717) is 17.9 Å². The highest BCUT2D eigenvalue weighted by Gasteiger charge is 2.15. The van der Waals surface area contributed by atoms with E-state index in [0.717, 1.165) is 25.3 Å². The molecule has 0 aromatic carbocycles. The number of nitrogens with one attached hydrogen (secondary N) is 1. The van der Waals surface area contributed by atoms with Crippen LogP contribution < -0.4 is 5.32 Å². The van der Waals surface area contributed by atoms with Crippen molar-refractivity contribution >= 4 is 0 Å². The van der Waals surface area contributed by atoms with Crippen molar-refractivity contribution in [1.29, 1.82) is 0 Å². The van der Waals surface area contributed by atoms with Gasteiger partial charge in [0.25, 0.3) is 0 Å². The summed E-state index contributed by atoms with van der Waals surface area (Å²) in [5.41, 5.74) is 0. The highest BCUT2D eigenvalue weighted by atomic mass is 15.3. The second kappa shape index (κ2) is 8.31. The molecule has 1 rings (SSSR count). The molecule has 0 saturated heterocycles. The summed E-state index contributed by atoms with van der Waals surface area (Å²) >= 11 is 0. The van der Waals surface area contributed by atoms with E-state index in [1.807, 2.05) is 0 Å². The standard InChI is InChI=1S/C15H30N4/c1-6-7-16-14(8-12(2)3)9-15-17-11-18-19(15)10-13(4)5/h11-14,16H,6-10H2,1-5H3. The van der Waals surface area contributed by atoms with Crippen molar-refractivity contribution in [3.8, 4) is 0 Å². The van der Waals surface area contributed by atoms with Gasteiger partial charge in [-0.15, -0.1) is 0 Å². The van der Waals surface area contributed by atoms with E-state index in [2.05, 4.69) is 54.7 Å². The van der Waals surface area contributed by atoms with E-state index in [-0.39, 0.29) is 0 Å². The maximum atomic E-state index is 4.44. The number of nitrogens with zero attached hydrogens (tertiary/aromatic N) is 3. The second-order valence-electron chi connectivity index (χ2n) is 6.24. The maximum absolute atomic E-state index is 4.44. The first-order valence-corrected chi connectivity index (χ1v) is 7.63. The molecule has 0 aliphatic heterocycles. The van der Waals surface area contributed by atoms with E-state index < -0.39 is 0 Å². The van der Waals surface area contributed by atoms with Crippen molar-refractivity contribution in [1.82, 2.24) is 20.1 Å². The molecule has 19 heavy (non-hydrogen) atoms. The predicted molar refractivity (Wildman–Crippen MR) is 80.1 cm³/mol. The van der Waals surface area contributed by atoms with Crippen LogP contribution in [0.15, 0.2) is 6.33 Å². The number of aromatic nitrogens is 3. The lowest BCUT2D eigenvalue weighted by molar-refractivity contribution is 0.393. The molecule has 0 bridgehead atoms. The molecule has 1 aromatic rings. The lowest BCUT2D eigenvalue weighted by Crippen LogP contribution is -2.34. The van der Waals surface area contributed by atoms with Crippen LogP contribution in [-0.2, 0) is 13.0 Å². The van der Waals surface area contributed by atoms with E-state index in [1.54, 1.807) is 6.33 Å². The number of rotatable bonds is 9. The third-order valence-electron chi connectivity index (χ3n) is 3.10. The van der Waals surface area contributed by atoms with Gasteiger partial charge in [-0.3, -0.25) is 0 Å². The molecular formula is C15H30N4. The average Bonchev–Trinajstić information content (AvgIpc) is 2.72. The van der Waals surface area contributed by atoms with Crippen LogP contribution in [0, 0.1) is 11.8 Å². The Kier molecular flexibility index (Phi) is 7.06. The van der Waals surface area contributed by atoms with E-state index in [4.69, 9.17) is 0 Å². The molecule has 0 saturated carbocycles.